The molecule has 1 aliphatic carbocycles. The second-order valence-electron chi connectivity index (χ2n) is 10.5. The minimum absolute atomic E-state index is 0.145. The van der Waals surface area contributed by atoms with E-state index >= 15 is 0 Å². The van der Waals surface area contributed by atoms with Crippen molar-refractivity contribution >= 4 is 25.3 Å². The van der Waals surface area contributed by atoms with E-state index in [0.29, 0.717) is 5.76 Å². The lowest BCUT2D eigenvalue weighted by atomic mass is 9.86. The Bertz CT molecular complexity index is 1130. The summed E-state index contributed by atoms with van der Waals surface area (Å²) in [6, 6.07) is 6.25. The van der Waals surface area contributed by atoms with Gasteiger partial charge in [-0.1, -0.05) is 32.4 Å². The van der Waals surface area contributed by atoms with Crippen molar-refractivity contribution < 1.29 is 23.1 Å². The molecule has 3 rings (SSSR count). The van der Waals surface area contributed by atoms with E-state index in [0.717, 1.165) is 47.3 Å². The van der Waals surface area contributed by atoms with Crippen LogP contribution in [-0.2, 0) is 20.7 Å². The van der Waals surface area contributed by atoms with Gasteiger partial charge < -0.3 is 18.3 Å². The van der Waals surface area contributed by atoms with Crippen molar-refractivity contribution in [2.75, 3.05) is 14.2 Å². The number of ether oxygens (including phenoxy) is 2. The lowest BCUT2D eigenvalue weighted by molar-refractivity contribution is -0.134. The van der Waals surface area contributed by atoms with E-state index in [1.165, 1.54) is 18.7 Å². The quantitative estimate of drug-likeness (QED) is 0.135. The van der Waals surface area contributed by atoms with E-state index < -0.39 is 14.3 Å². The fourth-order valence-electron chi connectivity index (χ4n) is 3.99. The summed E-state index contributed by atoms with van der Waals surface area (Å²) in [4.78, 5) is 11.4. The lowest BCUT2D eigenvalue weighted by Gasteiger charge is -2.36. The molecule has 34 heavy (non-hydrogen) atoms. The molecule has 0 saturated heterocycles. The number of esters is 1. The van der Waals surface area contributed by atoms with Crippen molar-refractivity contribution in [3.8, 4) is 5.75 Å². The molecule has 1 heterocycles. The van der Waals surface area contributed by atoms with Gasteiger partial charge in [-0.15, -0.1) is 0 Å². The maximum atomic E-state index is 11.4. The molecule has 2 aromatic rings. The number of carbonyl (C=O) groups is 1. The molecule has 1 aromatic carbocycles. The number of hydrogen-bond acceptors (Lipinski definition) is 5. The topological polar surface area (TPSA) is 57.9 Å². The van der Waals surface area contributed by atoms with Crippen molar-refractivity contribution in [3.05, 3.63) is 65.2 Å². The second-order valence-corrected chi connectivity index (χ2v) is 15.2. The highest BCUT2D eigenvalue weighted by Crippen LogP contribution is 2.42. The second kappa shape index (κ2) is 10.3. The van der Waals surface area contributed by atoms with Gasteiger partial charge in [0.05, 0.1) is 14.2 Å². The Hall–Kier alpha value is -2.73. The molecule has 0 bridgehead atoms. The van der Waals surface area contributed by atoms with Gasteiger partial charge in [0.25, 0.3) is 0 Å². The van der Waals surface area contributed by atoms with E-state index in [4.69, 9.17) is 13.6 Å². The number of furan rings is 1. The molecular weight excluding hydrogens is 444 g/mol. The molecule has 0 radical (unpaired) electrons. The molecule has 1 aliphatic rings. The van der Waals surface area contributed by atoms with Crippen LogP contribution in [0.4, 0.5) is 0 Å². The molecule has 1 unspecified atom stereocenters. The van der Waals surface area contributed by atoms with E-state index in [2.05, 4.69) is 50.7 Å². The van der Waals surface area contributed by atoms with E-state index in [1.807, 2.05) is 25.1 Å². The third-order valence-corrected chi connectivity index (χ3v) is 11.3. The Labute approximate surface area is 204 Å². The summed E-state index contributed by atoms with van der Waals surface area (Å²) in [5, 5.41) is 1.31. The van der Waals surface area contributed by atoms with Gasteiger partial charge in [0.15, 0.2) is 0 Å². The first-order chi connectivity index (χ1) is 15.9. The van der Waals surface area contributed by atoms with Gasteiger partial charge >= 0.3 is 5.97 Å². The zero-order valence-corrected chi connectivity index (χ0v) is 22.8. The number of aryl methyl sites for hydroxylation is 1. The van der Waals surface area contributed by atoms with Gasteiger partial charge in [0.1, 0.15) is 22.9 Å². The SMILES string of the molecule is COC(=O)/C=C/C(=C/C(C)=C/C1CCCc2c1oc1ccc(O[Si](C)(C)C(C)(C)C)cc21)OC. The van der Waals surface area contributed by atoms with Crippen LogP contribution >= 0.6 is 0 Å². The van der Waals surface area contributed by atoms with Crippen LogP contribution in [0.15, 0.2) is 58.3 Å². The Kier molecular flexibility index (Phi) is 7.81. The smallest absolute Gasteiger partial charge is 0.330 e. The first kappa shape index (κ1) is 25.9. The van der Waals surface area contributed by atoms with Gasteiger partial charge in [-0.3, -0.25) is 0 Å². The molecule has 0 saturated carbocycles. The van der Waals surface area contributed by atoms with Gasteiger partial charge in [-0.05, 0) is 74.7 Å². The van der Waals surface area contributed by atoms with Crippen LogP contribution in [0.1, 0.15) is 57.8 Å². The number of rotatable bonds is 7. The lowest BCUT2D eigenvalue weighted by Crippen LogP contribution is -2.43. The van der Waals surface area contributed by atoms with Gasteiger partial charge in [0, 0.05) is 22.9 Å². The molecule has 1 atom stereocenters. The number of allylic oxidation sites excluding steroid dienone is 4. The van der Waals surface area contributed by atoms with Crippen LogP contribution in [0, 0.1) is 0 Å². The van der Waals surface area contributed by atoms with Crippen LogP contribution in [-0.4, -0.2) is 28.5 Å². The monoisotopic (exact) mass is 482 g/mol. The summed E-state index contributed by atoms with van der Waals surface area (Å²) in [5.74, 6) is 2.34. The minimum Gasteiger partial charge on any atom is -0.543 e. The average Bonchev–Trinajstić information content (AvgIpc) is 3.14. The molecule has 0 spiro atoms. The van der Waals surface area contributed by atoms with Crippen molar-refractivity contribution in [1.29, 1.82) is 0 Å². The maximum absolute atomic E-state index is 11.4. The predicted molar refractivity (Wildman–Crippen MR) is 140 cm³/mol. The summed E-state index contributed by atoms with van der Waals surface area (Å²) in [5.41, 5.74) is 3.25. The molecule has 1 aromatic heterocycles. The number of benzene rings is 1. The van der Waals surface area contributed by atoms with Gasteiger partial charge in [0.2, 0.25) is 8.32 Å². The molecule has 6 heteroatoms. The molecule has 0 aliphatic heterocycles. The zero-order valence-electron chi connectivity index (χ0n) is 21.8. The predicted octanol–water partition coefficient (Wildman–Crippen LogP) is 7.44. The molecule has 5 nitrogen and oxygen atoms in total. The summed E-state index contributed by atoms with van der Waals surface area (Å²) >= 11 is 0. The Balaban J connectivity index is 1.90. The van der Waals surface area contributed by atoms with Crippen LogP contribution in [0.3, 0.4) is 0 Å². The van der Waals surface area contributed by atoms with Gasteiger partial charge in [-0.25, -0.2) is 4.79 Å². The summed E-state index contributed by atoms with van der Waals surface area (Å²) in [6.07, 6.45) is 10.2. The molecular formula is C28H38O5Si. The summed E-state index contributed by atoms with van der Waals surface area (Å²) in [6.45, 7) is 13.3. The third kappa shape index (κ3) is 5.84. The normalized spacial score (nSPS) is 17.7. The molecule has 0 fully saturated rings. The first-order valence-electron chi connectivity index (χ1n) is 11.9. The highest BCUT2D eigenvalue weighted by molar-refractivity contribution is 6.74. The average molecular weight is 483 g/mol. The first-order valence-corrected chi connectivity index (χ1v) is 14.8. The van der Waals surface area contributed by atoms with Crippen LogP contribution < -0.4 is 4.43 Å². The highest BCUT2D eigenvalue weighted by atomic mass is 28.4. The van der Waals surface area contributed by atoms with Crippen LogP contribution in [0.2, 0.25) is 18.1 Å². The van der Waals surface area contributed by atoms with Crippen molar-refractivity contribution in [2.24, 2.45) is 0 Å². The number of carbonyl (C=O) groups excluding carboxylic acids is 1. The van der Waals surface area contributed by atoms with Crippen LogP contribution in [0.25, 0.3) is 11.0 Å². The molecule has 0 amide bonds. The summed E-state index contributed by atoms with van der Waals surface area (Å²) in [7, 11) is 1.02. The van der Waals surface area contributed by atoms with Crippen molar-refractivity contribution in [3.63, 3.8) is 0 Å². The Morgan fingerprint density at radius 1 is 1.15 bits per heavy atom. The molecule has 184 valence electrons. The summed E-state index contributed by atoms with van der Waals surface area (Å²) < 4.78 is 23.0. The highest BCUT2D eigenvalue weighted by Gasteiger charge is 2.39. The number of fused-ring (bicyclic) bond motifs is 3. The van der Waals surface area contributed by atoms with E-state index in [1.54, 1.807) is 13.2 Å². The van der Waals surface area contributed by atoms with Crippen molar-refractivity contribution in [1.82, 2.24) is 0 Å². The zero-order chi connectivity index (χ0) is 25.1. The largest absolute Gasteiger partial charge is 0.543 e. The van der Waals surface area contributed by atoms with E-state index in [-0.39, 0.29) is 11.0 Å². The fourth-order valence-corrected chi connectivity index (χ4v) is 5.01. The number of methoxy groups -OCH3 is 2. The van der Waals surface area contributed by atoms with E-state index in [9.17, 15) is 4.79 Å². The molecule has 0 N–H and O–H groups in total. The van der Waals surface area contributed by atoms with Crippen molar-refractivity contribution in [2.45, 2.75) is 71.0 Å². The maximum Gasteiger partial charge on any atom is 0.330 e. The Morgan fingerprint density at radius 2 is 1.88 bits per heavy atom. The van der Waals surface area contributed by atoms with Crippen LogP contribution in [0.5, 0.6) is 5.75 Å². The Morgan fingerprint density at radius 3 is 2.53 bits per heavy atom. The standard InChI is InChI=1S/C28H38O5Si/c1-19(17-21(30-5)13-15-26(29)31-6)16-20-10-9-11-23-24-18-22(12-14-25(24)32-27(20)23)33-34(7,8)28(2,3)4/h12-18,20H,9-11H2,1-8H3/b15-13+,19-16+,21-17-. The number of hydrogen-bond donors (Lipinski definition) is 0. The third-order valence-electron chi connectivity index (χ3n) is 6.91. The fraction of sp³-hybridized carbons (Fsp3) is 0.464. The minimum atomic E-state index is -1.91. The van der Waals surface area contributed by atoms with Gasteiger partial charge in [-0.2, -0.15) is 0 Å².